The van der Waals surface area contributed by atoms with Gasteiger partial charge in [-0.25, -0.2) is 0 Å². The maximum atomic E-state index is 12.4. The van der Waals surface area contributed by atoms with Crippen LogP contribution in [0, 0.1) is 17.2 Å². The number of carbonyl (C=O) groups excluding carboxylic acids is 1. The Morgan fingerprint density at radius 1 is 1.33 bits per heavy atom. The number of rotatable bonds is 6. The first-order chi connectivity index (χ1) is 11.3. The number of hydrogen-bond acceptors (Lipinski definition) is 3. The van der Waals surface area contributed by atoms with Gasteiger partial charge in [0.2, 0.25) is 5.91 Å². The molecule has 1 aromatic rings. The molecule has 1 aliphatic carbocycles. The fourth-order valence-electron chi connectivity index (χ4n) is 3.20. The minimum Gasteiger partial charge on any atom is -0.337 e. The van der Waals surface area contributed by atoms with E-state index in [0.29, 0.717) is 5.02 Å². The molecule has 5 heteroatoms. The van der Waals surface area contributed by atoms with Crippen molar-refractivity contribution in [2.24, 2.45) is 5.92 Å². The molecular formula is C19H26ClN3O. The van der Waals surface area contributed by atoms with Gasteiger partial charge in [0.1, 0.15) is 5.54 Å². The van der Waals surface area contributed by atoms with E-state index in [1.54, 1.807) is 6.92 Å². The van der Waals surface area contributed by atoms with Crippen molar-refractivity contribution in [1.82, 2.24) is 10.6 Å². The van der Waals surface area contributed by atoms with Crippen LogP contribution < -0.4 is 10.6 Å². The zero-order valence-corrected chi connectivity index (χ0v) is 15.4. The van der Waals surface area contributed by atoms with Gasteiger partial charge in [-0.3, -0.25) is 10.1 Å². The van der Waals surface area contributed by atoms with Crippen molar-refractivity contribution in [2.75, 3.05) is 6.54 Å². The van der Waals surface area contributed by atoms with Crippen molar-refractivity contribution in [3.8, 4) is 6.07 Å². The Kier molecular flexibility index (Phi) is 5.90. The van der Waals surface area contributed by atoms with E-state index in [-0.39, 0.29) is 23.9 Å². The van der Waals surface area contributed by atoms with E-state index in [9.17, 15) is 10.1 Å². The largest absolute Gasteiger partial charge is 0.337 e. The fourth-order valence-corrected chi connectivity index (χ4v) is 3.33. The SMILES string of the molecule is CC(C)C(C)(C#N)NC(=O)CNC1(c2ccc(Cl)cc2)CCCC1. The van der Waals surface area contributed by atoms with Gasteiger partial charge in [0.05, 0.1) is 12.6 Å². The van der Waals surface area contributed by atoms with Crippen LogP contribution in [-0.4, -0.2) is 18.0 Å². The summed E-state index contributed by atoms with van der Waals surface area (Å²) in [5.41, 5.74) is 0.147. The highest BCUT2D eigenvalue weighted by Crippen LogP contribution is 2.38. The predicted octanol–water partition coefficient (Wildman–Crippen LogP) is 3.75. The lowest BCUT2D eigenvalue weighted by molar-refractivity contribution is -0.122. The summed E-state index contributed by atoms with van der Waals surface area (Å²) in [5, 5.41) is 16.4. The molecule has 2 N–H and O–H groups in total. The molecule has 0 aliphatic heterocycles. The lowest BCUT2D eigenvalue weighted by Crippen LogP contribution is -2.53. The molecule has 1 aromatic carbocycles. The smallest absolute Gasteiger partial charge is 0.235 e. The van der Waals surface area contributed by atoms with Gasteiger partial charge in [-0.1, -0.05) is 50.4 Å². The second-order valence-corrected chi connectivity index (χ2v) is 7.60. The minimum atomic E-state index is -0.845. The molecule has 1 atom stereocenters. The van der Waals surface area contributed by atoms with Crippen LogP contribution in [0.5, 0.6) is 0 Å². The van der Waals surface area contributed by atoms with E-state index in [1.807, 2.05) is 38.1 Å². The average Bonchev–Trinajstić information content (AvgIpc) is 3.03. The molecule has 0 aromatic heterocycles. The molecule has 1 amide bonds. The molecule has 1 fully saturated rings. The van der Waals surface area contributed by atoms with Gasteiger partial charge in [-0.15, -0.1) is 0 Å². The lowest BCUT2D eigenvalue weighted by atomic mass is 9.88. The Hall–Kier alpha value is -1.57. The van der Waals surface area contributed by atoms with Gasteiger partial charge in [0, 0.05) is 10.6 Å². The van der Waals surface area contributed by atoms with Crippen LogP contribution in [0.3, 0.4) is 0 Å². The van der Waals surface area contributed by atoms with Gasteiger partial charge in [0.25, 0.3) is 0 Å². The first-order valence-corrected chi connectivity index (χ1v) is 8.92. The number of nitrogens with one attached hydrogen (secondary N) is 2. The van der Waals surface area contributed by atoms with Crippen molar-refractivity contribution in [3.05, 3.63) is 34.9 Å². The van der Waals surface area contributed by atoms with Crippen molar-refractivity contribution in [2.45, 2.75) is 57.5 Å². The van der Waals surface area contributed by atoms with Crippen LogP contribution in [0.25, 0.3) is 0 Å². The van der Waals surface area contributed by atoms with Gasteiger partial charge < -0.3 is 5.32 Å². The third-order valence-electron chi connectivity index (χ3n) is 5.23. The molecule has 0 spiro atoms. The van der Waals surface area contributed by atoms with Crippen LogP contribution >= 0.6 is 11.6 Å². The first kappa shape index (κ1) is 18.8. The zero-order valence-electron chi connectivity index (χ0n) is 14.7. The van der Waals surface area contributed by atoms with E-state index in [0.717, 1.165) is 25.7 Å². The summed E-state index contributed by atoms with van der Waals surface area (Å²) < 4.78 is 0. The highest BCUT2D eigenvalue weighted by Gasteiger charge is 2.36. The molecule has 1 unspecified atom stereocenters. The molecule has 1 saturated carbocycles. The third kappa shape index (κ3) is 4.09. The van der Waals surface area contributed by atoms with E-state index < -0.39 is 5.54 Å². The summed E-state index contributed by atoms with van der Waals surface area (Å²) in [5.74, 6) is -0.101. The number of hydrogen-bond donors (Lipinski definition) is 2. The Morgan fingerprint density at radius 3 is 2.42 bits per heavy atom. The number of amides is 1. The van der Waals surface area contributed by atoms with E-state index in [4.69, 9.17) is 11.6 Å². The van der Waals surface area contributed by atoms with Crippen LogP contribution in [-0.2, 0) is 10.3 Å². The van der Waals surface area contributed by atoms with E-state index in [1.165, 1.54) is 5.56 Å². The molecule has 24 heavy (non-hydrogen) atoms. The molecule has 2 rings (SSSR count). The first-order valence-electron chi connectivity index (χ1n) is 8.55. The Morgan fingerprint density at radius 2 is 1.92 bits per heavy atom. The molecule has 0 bridgehead atoms. The summed E-state index contributed by atoms with van der Waals surface area (Å²) in [4.78, 5) is 12.4. The summed E-state index contributed by atoms with van der Waals surface area (Å²) >= 11 is 5.99. The molecule has 0 radical (unpaired) electrons. The molecular weight excluding hydrogens is 322 g/mol. The van der Waals surface area contributed by atoms with Crippen LogP contribution in [0.4, 0.5) is 0 Å². The topological polar surface area (TPSA) is 64.9 Å². The normalized spacial score (nSPS) is 18.8. The molecule has 0 saturated heterocycles. The van der Waals surface area contributed by atoms with E-state index >= 15 is 0 Å². The van der Waals surface area contributed by atoms with Crippen molar-refractivity contribution < 1.29 is 4.79 Å². The predicted molar refractivity (Wildman–Crippen MR) is 96.6 cm³/mol. The number of halogens is 1. The number of benzene rings is 1. The maximum absolute atomic E-state index is 12.4. The Labute approximate surface area is 149 Å². The van der Waals surface area contributed by atoms with Crippen molar-refractivity contribution >= 4 is 17.5 Å². The quantitative estimate of drug-likeness (QED) is 0.823. The molecule has 130 valence electrons. The third-order valence-corrected chi connectivity index (χ3v) is 5.48. The summed E-state index contributed by atoms with van der Waals surface area (Å²) in [6.45, 7) is 5.83. The van der Waals surface area contributed by atoms with Gasteiger partial charge in [0.15, 0.2) is 0 Å². The minimum absolute atomic E-state index is 0.0446. The summed E-state index contributed by atoms with van der Waals surface area (Å²) in [6.07, 6.45) is 4.28. The second-order valence-electron chi connectivity index (χ2n) is 7.17. The second kappa shape index (κ2) is 7.55. The van der Waals surface area contributed by atoms with Gasteiger partial charge >= 0.3 is 0 Å². The molecule has 0 heterocycles. The Bertz CT molecular complexity index is 614. The number of nitriles is 1. The van der Waals surface area contributed by atoms with Crippen LogP contribution in [0.2, 0.25) is 5.02 Å². The van der Waals surface area contributed by atoms with Gasteiger partial charge in [-0.2, -0.15) is 5.26 Å². The van der Waals surface area contributed by atoms with E-state index in [2.05, 4.69) is 16.7 Å². The zero-order chi connectivity index (χ0) is 17.8. The summed E-state index contributed by atoms with van der Waals surface area (Å²) in [7, 11) is 0. The number of nitrogens with zero attached hydrogens (tertiary/aromatic N) is 1. The van der Waals surface area contributed by atoms with Crippen molar-refractivity contribution in [3.63, 3.8) is 0 Å². The highest BCUT2D eigenvalue weighted by molar-refractivity contribution is 6.30. The lowest BCUT2D eigenvalue weighted by Gasteiger charge is -2.32. The monoisotopic (exact) mass is 347 g/mol. The molecule has 1 aliphatic rings. The standard InChI is InChI=1S/C19H26ClN3O/c1-14(2)18(3,13-21)23-17(24)12-22-19(10-4-5-11-19)15-6-8-16(20)9-7-15/h6-9,14,22H,4-5,10-12H2,1-3H3,(H,23,24). The summed E-state index contributed by atoms with van der Waals surface area (Å²) in [6, 6.07) is 10.1. The van der Waals surface area contributed by atoms with Crippen molar-refractivity contribution in [1.29, 1.82) is 5.26 Å². The molecule has 4 nitrogen and oxygen atoms in total. The van der Waals surface area contributed by atoms with Crippen LogP contribution in [0.15, 0.2) is 24.3 Å². The highest BCUT2D eigenvalue weighted by atomic mass is 35.5. The fraction of sp³-hybridized carbons (Fsp3) is 0.579. The number of carbonyl (C=O) groups is 1. The van der Waals surface area contributed by atoms with Crippen LogP contribution in [0.1, 0.15) is 52.0 Å². The Balaban J connectivity index is 2.06. The van der Waals surface area contributed by atoms with Gasteiger partial charge in [-0.05, 0) is 43.4 Å². The maximum Gasteiger partial charge on any atom is 0.235 e. The average molecular weight is 348 g/mol.